The number of esters is 1. The van der Waals surface area contributed by atoms with Crippen molar-refractivity contribution in [3.63, 3.8) is 0 Å². The zero-order valence-electron chi connectivity index (χ0n) is 12.0. The van der Waals surface area contributed by atoms with Gasteiger partial charge in [-0.1, -0.05) is 0 Å². The van der Waals surface area contributed by atoms with E-state index in [1.807, 2.05) is 27.7 Å². The van der Waals surface area contributed by atoms with Gasteiger partial charge in [-0.15, -0.1) is 6.58 Å². The average Bonchev–Trinajstić information content (AvgIpc) is 2.42. The number of hydrogen-bond donors (Lipinski definition) is 0. The Hall–Kier alpha value is -0.805. The summed E-state index contributed by atoms with van der Waals surface area (Å²) in [5, 5.41) is 0. The minimum absolute atomic E-state index is 0.253. The molecule has 1 saturated heterocycles. The highest BCUT2D eigenvalue weighted by Gasteiger charge is 2.51. The van der Waals surface area contributed by atoms with Gasteiger partial charge in [-0.25, -0.2) is 0 Å². The number of carbonyl (C=O) groups is 1. The van der Waals surface area contributed by atoms with Gasteiger partial charge in [-0.3, -0.25) is 4.79 Å². The Morgan fingerprint density at radius 2 is 1.72 bits per heavy atom. The van der Waals surface area contributed by atoms with Crippen molar-refractivity contribution in [3.8, 4) is 0 Å². The second kappa shape index (κ2) is 5.45. The van der Waals surface area contributed by atoms with E-state index in [1.165, 1.54) is 6.92 Å². The molecule has 0 unspecified atom stereocenters. The summed E-state index contributed by atoms with van der Waals surface area (Å²) in [6, 6.07) is 0. The van der Waals surface area contributed by atoms with Gasteiger partial charge in [-0.2, -0.15) is 0 Å². The molecule has 0 aromatic heterocycles. The Bertz CT molecular complexity index is 320. The SMILES string of the molecule is C=C(CCCOC(C)=O)B1OC(C)(C)C(C)(C)O1. The van der Waals surface area contributed by atoms with Crippen molar-refractivity contribution >= 4 is 13.1 Å². The van der Waals surface area contributed by atoms with Crippen LogP contribution in [0.1, 0.15) is 47.5 Å². The zero-order chi connectivity index (χ0) is 14.0. The van der Waals surface area contributed by atoms with Crippen LogP contribution < -0.4 is 0 Å². The van der Waals surface area contributed by atoms with E-state index in [1.54, 1.807) is 0 Å². The molecule has 1 rings (SSSR count). The normalized spacial score (nSPS) is 20.8. The molecule has 1 heterocycles. The molecule has 0 aliphatic carbocycles. The molecule has 0 saturated carbocycles. The fourth-order valence-corrected chi connectivity index (χ4v) is 1.64. The molecular formula is C13H23BO4. The van der Waals surface area contributed by atoms with Crippen molar-refractivity contribution in [1.82, 2.24) is 0 Å². The predicted molar refractivity (Wildman–Crippen MR) is 71.1 cm³/mol. The second-order valence-corrected chi connectivity index (χ2v) is 5.69. The Balaban J connectivity index is 2.39. The third kappa shape index (κ3) is 3.59. The van der Waals surface area contributed by atoms with Crippen LogP contribution in [-0.2, 0) is 18.8 Å². The van der Waals surface area contributed by atoms with Crippen LogP contribution in [0.15, 0.2) is 12.1 Å². The third-order valence-electron chi connectivity index (χ3n) is 3.53. The summed E-state index contributed by atoms with van der Waals surface area (Å²) in [4.78, 5) is 10.6. The first-order valence-corrected chi connectivity index (χ1v) is 6.32. The number of carbonyl (C=O) groups excluding carboxylic acids is 1. The molecule has 0 spiro atoms. The number of allylic oxidation sites excluding steroid dienone is 1. The van der Waals surface area contributed by atoms with Crippen LogP contribution in [-0.4, -0.2) is 30.9 Å². The Morgan fingerprint density at radius 3 is 2.17 bits per heavy atom. The molecule has 0 aromatic rings. The van der Waals surface area contributed by atoms with E-state index in [9.17, 15) is 4.79 Å². The molecule has 0 radical (unpaired) electrons. The van der Waals surface area contributed by atoms with E-state index in [-0.39, 0.29) is 24.3 Å². The molecule has 0 N–H and O–H groups in total. The van der Waals surface area contributed by atoms with Crippen molar-refractivity contribution in [2.45, 2.75) is 58.7 Å². The fraction of sp³-hybridized carbons (Fsp3) is 0.769. The Labute approximate surface area is 110 Å². The van der Waals surface area contributed by atoms with E-state index in [4.69, 9.17) is 14.0 Å². The van der Waals surface area contributed by atoms with Gasteiger partial charge in [0.25, 0.3) is 0 Å². The highest BCUT2D eigenvalue weighted by Crippen LogP contribution is 2.38. The molecule has 1 aliphatic heterocycles. The van der Waals surface area contributed by atoms with Crippen LogP contribution in [0.25, 0.3) is 0 Å². The smallest absolute Gasteiger partial charge is 0.466 e. The monoisotopic (exact) mass is 254 g/mol. The van der Waals surface area contributed by atoms with Crippen LogP contribution in [0.5, 0.6) is 0 Å². The molecule has 0 atom stereocenters. The fourth-order valence-electron chi connectivity index (χ4n) is 1.64. The van der Waals surface area contributed by atoms with Gasteiger partial charge < -0.3 is 14.0 Å². The third-order valence-corrected chi connectivity index (χ3v) is 3.53. The molecular weight excluding hydrogens is 231 g/mol. The standard InChI is InChI=1S/C13H23BO4/c1-10(8-7-9-16-11(2)15)14-17-12(3,4)13(5,6)18-14/h1,7-9H2,2-6H3. The van der Waals surface area contributed by atoms with Crippen molar-refractivity contribution in [1.29, 1.82) is 0 Å². The van der Waals surface area contributed by atoms with Crippen molar-refractivity contribution in [2.24, 2.45) is 0 Å². The minimum Gasteiger partial charge on any atom is -0.466 e. The Kier molecular flexibility index (Phi) is 4.62. The number of rotatable bonds is 5. The molecule has 5 heteroatoms. The zero-order valence-corrected chi connectivity index (χ0v) is 12.0. The van der Waals surface area contributed by atoms with Crippen LogP contribution in [0, 0.1) is 0 Å². The van der Waals surface area contributed by atoms with Crippen molar-refractivity contribution in [3.05, 3.63) is 12.1 Å². The van der Waals surface area contributed by atoms with Gasteiger partial charge in [0.1, 0.15) is 0 Å². The van der Waals surface area contributed by atoms with Gasteiger partial charge in [0.15, 0.2) is 0 Å². The van der Waals surface area contributed by atoms with Gasteiger partial charge >= 0.3 is 13.1 Å². The van der Waals surface area contributed by atoms with Crippen molar-refractivity contribution < 1.29 is 18.8 Å². The molecule has 4 nitrogen and oxygen atoms in total. The topological polar surface area (TPSA) is 44.8 Å². The highest BCUT2D eigenvalue weighted by molar-refractivity contribution is 6.54. The first kappa shape index (κ1) is 15.3. The van der Waals surface area contributed by atoms with Crippen LogP contribution in [0.4, 0.5) is 0 Å². The van der Waals surface area contributed by atoms with E-state index in [0.717, 1.165) is 18.3 Å². The van der Waals surface area contributed by atoms with Crippen LogP contribution >= 0.6 is 0 Å². The number of hydrogen-bond acceptors (Lipinski definition) is 4. The summed E-state index contributed by atoms with van der Waals surface area (Å²) in [7, 11) is -0.368. The highest BCUT2D eigenvalue weighted by atomic mass is 16.7. The first-order chi connectivity index (χ1) is 8.16. The maximum absolute atomic E-state index is 10.6. The van der Waals surface area contributed by atoms with Crippen molar-refractivity contribution in [2.75, 3.05) is 6.61 Å². The van der Waals surface area contributed by atoms with Gasteiger partial charge in [0, 0.05) is 6.92 Å². The van der Waals surface area contributed by atoms with Gasteiger partial charge in [0.05, 0.1) is 17.8 Å². The van der Waals surface area contributed by atoms with Gasteiger partial charge in [0.2, 0.25) is 0 Å². The minimum atomic E-state index is -0.368. The van der Waals surface area contributed by atoms with Gasteiger partial charge in [-0.05, 0) is 46.0 Å². The quantitative estimate of drug-likeness (QED) is 0.429. The first-order valence-electron chi connectivity index (χ1n) is 6.32. The Morgan fingerprint density at radius 1 is 1.22 bits per heavy atom. The molecule has 1 aliphatic rings. The summed E-state index contributed by atoms with van der Waals surface area (Å²) in [5.41, 5.74) is 0.216. The largest absolute Gasteiger partial charge is 0.489 e. The molecule has 0 aromatic carbocycles. The molecule has 1 fully saturated rings. The maximum Gasteiger partial charge on any atom is 0.489 e. The molecule has 0 bridgehead atoms. The lowest BCUT2D eigenvalue weighted by Gasteiger charge is -2.32. The van der Waals surface area contributed by atoms with E-state index >= 15 is 0 Å². The maximum atomic E-state index is 10.6. The molecule has 18 heavy (non-hydrogen) atoms. The second-order valence-electron chi connectivity index (χ2n) is 5.69. The predicted octanol–water partition coefficient (Wildman–Crippen LogP) is 2.52. The number of ether oxygens (including phenoxy) is 1. The molecule has 0 amide bonds. The molecule has 102 valence electrons. The van der Waals surface area contributed by atoms with Crippen LogP contribution in [0.3, 0.4) is 0 Å². The summed E-state index contributed by atoms with van der Waals surface area (Å²) in [5.74, 6) is -0.253. The summed E-state index contributed by atoms with van der Waals surface area (Å²) < 4.78 is 16.6. The lowest BCUT2D eigenvalue weighted by atomic mass is 9.77. The average molecular weight is 254 g/mol. The van der Waals surface area contributed by atoms with Crippen LogP contribution in [0.2, 0.25) is 0 Å². The lowest BCUT2D eigenvalue weighted by Crippen LogP contribution is -2.41. The van der Waals surface area contributed by atoms with E-state index in [2.05, 4.69) is 6.58 Å². The lowest BCUT2D eigenvalue weighted by molar-refractivity contribution is -0.141. The summed E-state index contributed by atoms with van der Waals surface area (Å²) in [6.07, 6.45) is 1.46. The van der Waals surface area contributed by atoms with E-state index < -0.39 is 0 Å². The summed E-state index contributed by atoms with van der Waals surface area (Å²) >= 11 is 0. The van der Waals surface area contributed by atoms with E-state index in [0.29, 0.717) is 6.61 Å². The summed E-state index contributed by atoms with van der Waals surface area (Å²) in [6.45, 7) is 13.9.